The number of carbonyl (C=O) groups excluding carboxylic acids is 1. The highest BCUT2D eigenvalue weighted by molar-refractivity contribution is 5.80. The van der Waals surface area contributed by atoms with Gasteiger partial charge in [0, 0.05) is 18.4 Å². The van der Waals surface area contributed by atoms with Crippen LogP contribution in [0.25, 0.3) is 0 Å². The fourth-order valence-electron chi connectivity index (χ4n) is 2.92. The van der Waals surface area contributed by atoms with Crippen LogP contribution in [0.4, 0.5) is 0 Å². The van der Waals surface area contributed by atoms with Gasteiger partial charge in [-0.25, -0.2) is 0 Å². The summed E-state index contributed by atoms with van der Waals surface area (Å²) in [6.45, 7) is 8.50. The molecule has 0 saturated carbocycles. The Labute approximate surface area is 97.1 Å². The standard InChI is InChI=1S/C14H19NO/c1-8-5-9(2)14(10(3)6-8)12-7-13(16)15-11(12)4/h5-6,11-12H,7H2,1-4H3,(H,15,16). The third-order valence-electron chi connectivity index (χ3n) is 3.51. The van der Waals surface area contributed by atoms with Crippen molar-refractivity contribution in [1.82, 2.24) is 5.32 Å². The number of rotatable bonds is 1. The van der Waals surface area contributed by atoms with E-state index in [0.717, 1.165) is 0 Å². The second kappa shape index (κ2) is 3.93. The van der Waals surface area contributed by atoms with Crippen molar-refractivity contribution in [2.24, 2.45) is 0 Å². The Morgan fingerprint density at radius 3 is 2.19 bits per heavy atom. The molecule has 2 nitrogen and oxygen atoms in total. The third kappa shape index (κ3) is 1.84. The number of hydrogen-bond acceptors (Lipinski definition) is 1. The summed E-state index contributed by atoms with van der Waals surface area (Å²) in [5, 5.41) is 3.00. The molecule has 0 aromatic heterocycles. The average molecular weight is 217 g/mol. The highest BCUT2D eigenvalue weighted by Gasteiger charge is 2.31. The molecule has 2 unspecified atom stereocenters. The Hall–Kier alpha value is -1.31. The molecule has 2 rings (SSSR count). The molecule has 0 aliphatic carbocycles. The second-order valence-corrected chi connectivity index (χ2v) is 4.98. The fourth-order valence-corrected chi connectivity index (χ4v) is 2.92. The molecule has 16 heavy (non-hydrogen) atoms. The van der Waals surface area contributed by atoms with Gasteiger partial charge in [0.25, 0.3) is 0 Å². The minimum absolute atomic E-state index is 0.178. The van der Waals surface area contributed by atoms with Gasteiger partial charge in [0.05, 0.1) is 0 Å². The van der Waals surface area contributed by atoms with Crippen LogP contribution >= 0.6 is 0 Å². The van der Waals surface area contributed by atoms with Crippen LogP contribution in [0, 0.1) is 20.8 Å². The maximum atomic E-state index is 11.4. The summed E-state index contributed by atoms with van der Waals surface area (Å²) < 4.78 is 0. The summed E-state index contributed by atoms with van der Waals surface area (Å²) in [7, 11) is 0. The lowest BCUT2D eigenvalue weighted by Gasteiger charge is -2.20. The molecule has 2 heteroatoms. The minimum atomic E-state index is 0.178. The van der Waals surface area contributed by atoms with E-state index >= 15 is 0 Å². The number of carbonyl (C=O) groups is 1. The van der Waals surface area contributed by atoms with Crippen molar-refractivity contribution in [1.29, 1.82) is 0 Å². The van der Waals surface area contributed by atoms with Gasteiger partial charge in [-0.2, -0.15) is 0 Å². The predicted octanol–water partition coefficient (Wildman–Crippen LogP) is 2.60. The van der Waals surface area contributed by atoms with Gasteiger partial charge in [0.1, 0.15) is 0 Å². The number of benzene rings is 1. The molecule has 2 atom stereocenters. The van der Waals surface area contributed by atoms with Crippen LogP contribution in [-0.2, 0) is 4.79 Å². The number of amides is 1. The van der Waals surface area contributed by atoms with E-state index in [1.54, 1.807) is 0 Å². The summed E-state index contributed by atoms with van der Waals surface area (Å²) in [6.07, 6.45) is 0.631. The Morgan fingerprint density at radius 2 is 1.75 bits per heavy atom. The van der Waals surface area contributed by atoms with Crippen molar-refractivity contribution in [3.05, 3.63) is 34.4 Å². The summed E-state index contributed by atoms with van der Waals surface area (Å²) in [6, 6.07) is 4.67. The summed E-state index contributed by atoms with van der Waals surface area (Å²) in [5.41, 5.74) is 5.27. The lowest BCUT2D eigenvalue weighted by Crippen LogP contribution is -2.25. The lowest BCUT2D eigenvalue weighted by atomic mass is 9.85. The van der Waals surface area contributed by atoms with Crippen LogP contribution in [-0.4, -0.2) is 11.9 Å². The van der Waals surface area contributed by atoms with Gasteiger partial charge in [0.15, 0.2) is 0 Å². The molecular weight excluding hydrogens is 198 g/mol. The van der Waals surface area contributed by atoms with Crippen LogP contribution in [0.15, 0.2) is 12.1 Å². The molecule has 1 aromatic rings. The predicted molar refractivity (Wildman–Crippen MR) is 65.6 cm³/mol. The largest absolute Gasteiger partial charge is 0.353 e. The molecule has 86 valence electrons. The third-order valence-corrected chi connectivity index (χ3v) is 3.51. The van der Waals surface area contributed by atoms with Crippen LogP contribution in [0.1, 0.15) is 41.5 Å². The van der Waals surface area contributed by atoms with Crippen molar-refractivity contribution in [2.75, 3.05) is 0 Å². The van der Waals surface area contributed by atoms with Gasteiger partial charge in [-0.1, -0.05) is 17.7 Å². The van der Waals surface area contributed by atoms with Crippen LogP contribution in [0.5, 0.6) is 0 Å². The number of hydrogen-bond donors (Lipinski definition) is 1. The van der Waals surface area contributed by atoms with Crippen molar-refractivity contribution in [3.63, 3.8) is 0 Å². The molecule has 0 bridgehead atoms. The number of nitrogens with one attached hydrogen (secondary N) is 1. The summed E-state index contributed by atoms with van der Waals surface area (Å²) >= 11 is 0. The van der Waals surface area contributed by atoms with Crippen LogP contribution < -0.4 is 5.32 Å². The first kappa shape index (κ1) is 11.2. The van der Waals surface area contributed by atoms with Crippen molar-refractivity contribution < 1.29 is 4.79 Å². The normalized spacial score (nSPS) is 24.6. The van der Waals surface area contributed by atoms with Gasteiger partial charge in [-0.05, 0) is 44.4 Å². The Bertz CT molecular complexity index is 413. The zero-order valence-corrected chi connectivity index (χ0v) is 10.4. The fraction of sp³-hybridized carbons (Fsp3) is 0.500. The minimum Gasteiger partial charge on any atom is -0.353 e. The van der Waals surface area contributed by atoms with E-state index in [1.165, 1.54) is 22.3 Å². The Morgan fingerprint density at radius 1 is 1.19 bits per heavy atom. The molecule has 1 aliphatic rings. The zero-order chi connectivity index (χ0) is 11.9. The molecule has 1 heterocycles. The molecule has 1 saturated heterocycles. The van der Waals surface area contributed by atoms with E-state index in [4.69, 9.17) is 0 Å². The van der Waals surface area contributed by atoms with Gasteiger partial charge >= 0.3 is 0 Å². The zero-order valence-electron chi connectivity index (χ0n) is 10.4. The first-order valence-corrected chi connectivity index (χ1v) is 5.86. The molecule has 1 N–H and O–H groups in total. The maximum absolute atomic E-state index is 11.4. The molecule has 0 radical (unpaired) electrons. The molecular formula is C14H19NO. The summed E-state index contributed by atoms with van der Waals surface area (Å²) in [4.78, 5) is 11.4. The molecule has 1 aromatic carbocycles. The highest BCUT2D eigenvalue weighted by atomic mass is 16.1. The lowest BCUT2D eigenvalue weighted by molar-refractivity contribution is -0.119. The highest BCUT2D eigenvalue weighted by Crippen LogP contribution is 2.33. The van der Waals surface area contributed by atoms with Crippen molar-refractivity contribution in [3.8, 4) is 0 Å². The van der Waals surface area contributed by atoms with Gasteiger partial charge in [-0.3, -0.25) is 4.79 Å². The van der Waals surface area contributed by atoms with E-state index in [1.807, 2.05) is 0 Å². The number of aryl methyl sites for hydroxylation is 3. The van der Waals surface area contributed by atoms with E-state index in [2.05, 4.69) is 45.1 Å². The monoisotopic (exact) mass is 217 g/mol. The van der Waals surface area contributed by atoms with Gasteiger partial charge < -0.3 is 5.32 Å². The summed E-state index contributed by atoms with van der Waals surface area (Å²) in [5.74, 6) is 0.518. The van der Waals surface area contributed by atoms with E-state index in [9.17, 15) is 4.79 Å². The first-order valence-electron chi connectivity index (χ1n) is 5.86. The van der Waals surface area contributed by atoms with E-state index in [-0.39, 0.29) is 11.9 Å². The van der Waals surface area contributed by atoms with Gasteiger partial charge in [0.2, 0.25) is 5.91 Å². The smallest absolute Gasteiger partial charge is 0.220 e. The SMILES string of the molecule is Cc1cc(C)c(C2CC(=O)NC2C)c(C)c1. The Balaban J connectivity index is 2.44. The van der Waals surface area contributed by atoms with Crippen LogP contribution in [0.2, 0.25) is 0 Å². The van der Waals surface area contributed by atoms with E-state index in [0.29, 0.717) is 12.3 Å². The van der Waals surface area contributed by atoms with E-state index < -0.39 is 0 Å². The molecule has 0 spiro atoms. The van der Waals surface area contributed by atoms with Gasteiger partial charge in [-0.15, -0.1) is 0 Å². The molecule has 1 amide bonds. The van der Waals surface area contributed by atoms with Crippen LogP contribution in [0.3, 0.4) is 0 Å². The second-order valence-electron chi connectivity index (χ2n) is 4.98. The van der Waals surface area contributed by atoms with Crippen molar-refractivity contribution in [2.45, 2.75) is 46.1 Å². The topological polar surface area (TPSA) is 29.1 Å². The average Bonchev–Trinajstić information content (AvgIpc) is 2.43. The molecule has 1 fully saturated rings. The first-order chi connectivity index (χ1) is 7.49. The maximum Gasteiger partial charge on any atom is 0.220 e. The quantitative estimate of drug-likeness (QED) is 0.769. The van der Waals surface area contributed by atoms with Crippen molar-refractivity contribution >= 4 is 5.91 Å². The Kier molecular flexibility index (Phi) is 2.75. The molecule has 1 aliphatic heterocycles.